The fraction of sp³-hybridized carbons (Fsp3) is 0.250. The van der Waals surface area contributed by atoms with E-state index in [0.29, 0.717) is 18.4 Å². The lowest BCUT2D eigenvalue weighted by molar-refractivity contribution is 0.0985. The minimum Gasteiger partial charge on any atom is -0.508 e. The predicted octanol–water partition coefficient (Wildman–Crippen LogP) is 2.42. The fourth-order valence-electron chi connectivity index (χ4n) is 1.39. The number of aromatic hydroxyl groups is 2. The van der Waals surface area contributed by atoms with Crippen molar-refractivity contribution in [2.24, 2.45) is 0 Å². The summed E-state index contributed by atoms with van der Waals surface area (Å²) in [4.78, 5) is 11.4. The molecule has 0 amide bonds. The minimum atomic E-state index is -0.141. The first-order chi connectivity index (χ1) is 7.11. The molecule has 15 heavy (non-hydrogen) atoms. The number of allylic oxidation sites excluding steroid dienone is 1. The number of hydrogen-bond donors (Lipinski definition) is 2. The third-order valence-electron chi connectivity index (χ3n) is 2.23. The number of phenolic OH excluding ortho intramolecular Hbond substituents is 2. The number of rotatable bonds is 4. The monoisotopic (exact) mass is 206 g/mol. The van der Waals surface area contributed by atoms with Gasteiger partial charge in [-0.25, -0.2) is 0 Å². The van der Waals surface area contributed by atoms with Crippen LogP contribution < -0.4 is 0 Å². The van der Waals surface area contributed by atoms with E-state index in [1.54, 1.807) is 13.0 Å². The van der Waals surface area contributed by atoms with Gasteiger partial charge in [-0.05, 0) is 18.6 Å². The molecule has 1 aromatic carbocycles. The van der Waals surface area contributed by atoms with Crippen molar-refractivity contribution in [3.63, 3.8) is 0 Å². The van der Waals surface area contributed by atoms with Gasteiger partial charge < -0.3 is 10.2 Å². The highest BCUT2D eigenvalue weighted by molar-refractivity contribution is 5.99. The fourth-order valence-corrected chi connectivity index (χ4v) is 1.39. The highest BCUT2D eigenvalue weighted by Gasteiger charge is 2.15. The lowest BCUT2D eigenvalue weighted by Gasteiger charge is -2.08. The first-order valence-electron chi connectivity index (χ1n) is 4.79. The summed E-state index contributed by atoms with van der Waals surface area (Å²) in [7, 11) is 0. The topological polar surface area (TPSA) is 57.5 Å². The van der Waals surface area contributed by atoms with E-state index in [1.807, 2.05) is 0 Å². The normalized spacial score (nSPS) is 9.93. The van der Waals surface area contributed by atoms with Crippen LogP contribution in [0.1, 0.15) is 29.3 Å². The smallest absolute Gasteiger partial charge is 0.166 e. The summed E-state index contributed by atoms with van der Waals surface area (Å²) in [5, 5.41) is 19.3. The van der Waals surface area contributed by atoms with Gasteiger partial charge >= 0.3 is 0 Å². The van der Waals surface area contributed by atoms with E-state index in [4.69, 9.17) is 0 Å². The molecule has 0 aliphatic carbocycles. The number of benzene rings is 1. The van der Waals surface area contributed by atoms with Gasteiger partial charge in [-0.3, -0.25) is 4.79 Å². The summed E-state index contributed by atoms with van der Waals surface area (Å²) in [6.07, 6.45) is 2.23. The van der Waals surface area contributed by atoms with E-state index in [0.717, 1.165) is 0 Å². The third kappa shape index (κ3) is 2.18. The van der Waals surface area contributed by atoms with Crippen molar-refractivity contribution in [3.8, 4) is 11.5 Å². The molecule has 2 N–H and O–H groups in total. The molecule has 0 saturated carbocycles. The summed E-state index contributed by atoms with van der Waals surface area (Å²) in [5.41, 5.74) is 0.608. The standard InChI is InChI=1S/C12H14O3/c1-3-5-8-11(14)7-6-9(12(8)15)10(13)4-2/h3,6-7,14-15H,1,4-5H2,2H3. The highest BCUT2D eigenvalue weighted by atomic mass is 16.3. The van der Waals surface area contributed by atoms with Gasteiger partial charge in [0.05, 0.1) is 5.56 Å². The molecule has 0 unspecified atom stereocenters. The zero-order valence-corrected chi connectivity index (χ0v) is 8.66. The summed E-state index contributed by atoms with van der Waals surface area (Å²) in [6, 6.07) is 2.85. The molecular weight excluding hydrogens is 192 g/mol. The van der Waals surface area contributed by atoms with Gasteiger partial charge in [-0.1, -0.05) is 13.0 Å². The molecule has 0 heterocycles. The molecule has 0 saturated heterocycles. The van der Waals surface area contributed by atoms with Gasteiger partial charge in [0.2, 0.25) is 0 Å². The average molecular weight is 206 g/mol. The average Bonchev–Trinajstić information content (AvgIpc) is 2.23. The Kier molecular flexibility index (Phi) is 3.50. The van der Waals surface area contributed by atoms with Gasteiger partial charge in [0.1, 0.15) is 11.5 Å². The maximum Gasteiger partial charge on any atom is 0.166 e. The Labute approximate surface area is 88.7 Å². The van der Waals surface area contributed by atoms with Crippen LogP contribution in [0.25, 0.3) is 0 Å². The number of Topliss-reactive ketones (excluding diaryl/α,β-unsaturated/α-hetero) is 1. The summed E-state index contributed by atoms with van der Waals surface area (Å²) in [6.45, 7) is 5.25. The zero-order valence-electron chi connectivity index (χ0n) is 8.66. The highest BCUT2D eigenvalue weighted by Crippen LogP contribution is 2.31. The van der Waals surface area contributed by atoms with Crippen molar-refractivity contribution in [2.45, 2.75) is 19.8 Å². The van der Waals surface area contributed by atoms with Crippen LogP contribution in [0.15, 0.2) is 24.8 Å². The lowest BCUT2D eigenvalue weighted by atomic mass is 10.0. The van der Waals surface area contributed by atoms with Crippen molar-refractivity contribution >= 4 is 5.78 Å². The molecule has 0 aromatic heterocycles. The Morgan fingerprint density at radius 1 is 1.47 bits per heavy atom. The van der Waals surface area contributed by atoms with Gasteiger partial charge in [0, 0.05) is 12.0 Å². The van der Waals surface area contributed by atoms with Gasteiger partial charge in [0.25, 0.3) is 0 Å². The second-order valence-corrected chi connectivity index (χ2v) is 3.23. The maximum atomic E-state index is 11.4. The Morgan fingerprint density at radius 3 is 2.67 bits per heavy atom. The molecule has 3 heteroatoms. The van der Waals surface area contributed by atoms with E-state index in [9.17, 15) is 15.0 Å². The predicted molar refractivity (Wildman–Crippen MR) is 58.3 cm³/mol. The number of hydrogen-bond acceptors (Lipinski definition) is 3. The molecule has 0 aliphatic rings. The Balaban J connectivity index is 3.27. The Morgan fingerprint density at radius 2 is 2.13 bits per heavy atom. The van der Waals surface area contributed by atoms with Crippen molar-refractivity contribution < 1.29 is 15.0 Å². The van der Waals surface area contributed by atoms with E-state index in [-0.39, 0.29) is 22.8 Å². The molecule has 0 bridgehead atoms. The number of carbonyl (C=O) groups is 1. The van der Waals surface area contributed by atoms with E-state index < -0.39 is 0 Å². The molecule has 0 atom stereocenters. The summed E-state index contributed by atoms with van der Waals surface area (Å²) in [5.74, 6) is -0.292. The SMILES string of the molecule is C=CCc1c(O)ccc(C(=O)CC)c1O. The van der Waals surface area contributed by atoms with Crippen LogP contribution in [-0.4, -0.2) is 16.0 Å². The summed E-state index contributed by atoms with van der Waals surface area (Å²) >= 11 is 0. The number of carbonyl (C=O) groups excluding carboxylic acids is 1. The van der Waals surface area contributed by atoms with E-state index >= 15 is 0 Å². The third-order valence-corrected chi connectivity index (χ3v) is 2.23. The van der Waals surface area contributed by atoms with Gasteiger partial charge in [-0.2, -0.15) is 0 Å². The molecule has 0 spiro atoms. The van der Waals surface area contributed by atoms with Crippen LogP contribution in [0.5, 0.6) is 11.5 Å². The second-order valence-electron chi connectivity index (χ2n) is 3.23. The van der Waals surface area contributed by atoms with Gasteiger partial charge in [-0.15, -0.1) is 6.58 Å². The lowest BCUT2D eigenvalue weighted by Crippen LogP contribution is -1.99. The minimum absolute atomic E-state index is 0.0138. The molecule has 80 valence electrons. The quantitative estimate of drug-likeness (QED) is 0.587. The molecule has 0 radical (unpaired) electrons. The Bertz CT molecular complexity index is 394. The van der Waals surface area contributed by atoms with E-state index in [2.05, 4.69) is 6.58 Å². The first kappa shape index (κ1) is 11.3. The summed E-state index contributed by atoms with van der Waals surface area (Å²) < 4.78 is 0. The molecule has 3 nitrogen and oxygen atoms in total. The number of ketones is 1. The van der Waals surface area contributed by atoms with Crippen LogP contribution >= 0.6 is 0 Å². The van der Waals surface area contributed by atoms with Crippen molar-refractivity contribution in [3.05, 3.63) is 35.9 Å². The van der Waals surface area contributed by atoms with Crippen molar-refractivity contribution in [2.75, 3.05) is 0 Å². The van der Waals surface area contributed by atoms with Crippen molar-refractivity contribution in [1.29, 1.82) is 0 Å². The molecule has 0 fully saturated rings. The second kappa shape index (κ2) is 4.64. The molecule has 1 rings (SSSR count). The largest absolute Gasteiger partial charge is 0.508 e. The zero-order chi connectivity index (χ0) is 11.4. The van der Waals surface area contributed by atoms with Gasteiger partial charge in [0.15, 0.2) is 5.78 Å². The van der Waals surface area contributed by atoms with Crippen LogP contribution in [0.4, 0.5) is 0 Å². The van der Waals surface area contributed by atoms with Crippen LogP contribution in [0, 0.1) is 0 Å². The van der Waals surface area contributed by atoms with Crippen LogP contribution in [0.2, 0.25) is 0 Å². The first-order valence-corrected chi connectivity index (χ1v) is 4.79. The van der Waals surface area contributed by atoms with E-state index in [1.165, 1.54) is 12.1 Å². The Hall–Kier alpha value is -1.77. The van der Waals surface area contributed by atoms with Crippen LogP contribution in [0.3, 0.4) is 0 Å². The molecular formula is C12H14O3. The molecule has 1 aromatic rings. The number of phenols is 2. The van der Waals surface area contributed by atoms with Crippen LogP contribution in [-0.2, 0) is 6.42 Å². The maximum absolute atomic E-state index is 11.4. The molecule has 0 aliphatic heterocycles. The van der Waals surface area contributed by atoms with Crippen molar-refractivity contribution in [1.82, 2.24) is 0 Å².